The lowest BCUT2D eigenvalue weighted by Gasteiger charge is -2.29. The van der Waals surface area contributed by atoms with Crippen molar-refractivity contribution in [2.24, 2.45) is 0 Å². The molecule has 0 atom stereocenters. The summed E-state index contributed by atoms with van der Waals surface area (Å²) in [7, 11) is 1.20. The molecule has 1 aliphatic rings. The Labute approximate surface area is 93.9 Å². The number of aromatic nitrogens is 1. The van der Waals surface area contributed by atoms with E-state index in [1.807, 2.05) is 0 Å². The standard InChI is InChI=1S/C9H9F3N2OS/c1-14(7(15)6-4-13-5-16-6)8(2-3-8)9(10,11)12/h4-5H,2-3H2,1H3. The van der Waals surface area contributed by atoms with Gasteiger partial charge < -0.3 is 4.90 Å². The number of amides is 1. The highest BCUT2D eigenvalue weighted by molar-refractivity contribution is 7.11. The molecule has 0 saturated heterocycles. The Morgan fingerprint density at radius 3 is 2.56 bits per heavy atom. The van der Waals surface area contributed by atoms with Crippen LogP contribution in [0.25, 0.3) is 0 Å². The lowest BCUT2D eigenvalue weighted by atomic mass is 10.2. The van der Waals surface area contributed by atoms with E-state index < -0.39 is 17.6 Å². The number of hydrogen-bond donors (Lipinski definition) is 0. The number of hydrogen-bond acceptors (Lipinski definition) is 3. The van der Waals surface area contributed by atoms with Gasteiger partial charge in [-0.05, 0) is 12.8 Å². The summed E-state index contributed by atoms with van der Waals surface area (Å²) in [5, 5.41) is 0. The van der Waals surface area contributed by atoms with Crippen LogP contribution in [0.3, 0.4) is 0 Å². The number of alkyl halides is 3. The zero-order chi connectivity index (χ0) is 12.0. The van der Waals surface area contributed by atoms with Gasteiger partial charge in [0.15, 0.2) is 0 Å². The van der Waals surface area contributed by atoms with Crippen molar-refractivity contribution in [2.75, 3.05) is 7.05 Å². The normalized spacial score (nSPS) is 18.2. The summed E-state index contributed by atoms with van der Waals surface area (Å²) in [4.78, 5) is 16.4. The molecule has 0 unspecified atom stereocenters. The molecule has 3 nitrogen and oxygen atoms in total. The van der Waals surface area contributed by atoms with Crippen molar-refractivity contribution in [3.05, 3.63) is 16.6 Å². The van der Waals surface area contributed by atoms with Gasteiger partial charge in [0.2, 0.25) is 0 Å². The Balaban J connectivity index is 2.21. The fourth-order valence-corrected chi connectivity index (χ4v) is 2.20. The molecule has 2 rings (SSSR count). The van der Waals surface area contributed by atoms with E-state index in [0.717, 1.165) is 16.2 Å². The zero-order valence-corrected chi connectivity index (χ0v) is 9.23. The molecule has 1 saturated carbocycles. The number of nitrogens with zero attached hydrogens (tertiary/aromatic N) is 2. The highest BCUT2D eigenvalue weighted by Gasteiger charge is 2.67. The SMILES string of the molecule is CN(C(=O)c1cncs1)C1(C(F)(F)F)CC1. The zero-order valence-electron chi connectivity index (χ0n) is 8.41. The van der Waals surface area contributed by atoms with Gasteiger partial charge in [0.05, 0.1) is 11.7 Å². The summed E-state index contributed by atoms with van der Waals surface area (Å²) >= 11 is 1.04. The van der Waals surface area contributed by atoms with E-state index in [4.69, 9.17) is 0 Å². The third-order valence-corrected chi connectivity index (χ3v) is 3.60. The molecule has 16 heavy (non-hydrogen) atoms. The fourth-order valence-electron chi connectivity index (χ4n) is 1.61. The number of halogens is 3. The van der Waals surface area contributed by atoms with E-state index >= 15 is 0 Å². The number of carbonyl (C=O) groups excluding carboxylic acids is 1. The molecule has 88 valence electrons. The van der Waals surface area contributed by atoms with Gasteiger partial charge >= 0.3 is 6.18 Å². The summed E-state index contributed by atoms with van der Waals surface area (Å²) in [6.45, 7) is 0. The van der Waals surface area contributed by atoms with Crippen molar-refractivity contribution in [1.82, 2.24) is 9.88 Å². The van der Waals surface area contributed by atoms with Crippen LogP contribution in [-0.2, 0) is 0 Å². The maximum atomic E-state index is 12.7. The van der Waals surface area contributed by atoms with Crippen molar-refractivity contribution in [3.63, 3.8) is 0 Å². The van der Waals surface area contributed by atoms with Gasteiger partial charge in [-0.25, -0.2) is 0 Å². The van der Waals surface area contributed by atoms with E-state index in [1.165, 1.54) is 18.8 Å². The van der Waals surface area contributed by atoms with Crippen LogP contribution in [0, 0.1) is 0 Å². The van der Waals surface area contributed by atoms with Crippen LogP contribution in [0.15, 0.2) is 11.7 Å². The highest BCUT2D eigenvalue weighted by atomic mass is 32.1. The molecular formula is C9H9F3N2OS. The molecule has 0 aromatic carbocycles. The average Bonchev–Trinajstić information content (AvgIpc) is 2.85. The van der Waals surface area contributed by atoms with Gasteiger partial charge in [0, 0.05) is 7.05 Å². The number of carbonyl (C=O) groups is 1. The Morgan fingerprint density at radius 1 is 1.56 bits per heavy atom. The molecule has 7 heteroatoms. The third-order valence-electron chi connectivity index (χ3n) is 2.84. The Hall–Kier alpha value is -1.11. The predicted octanol–water partition coefficient (Wildman–Crippen LogP) is 2.31. The van der Waals surface area contributed by atoms with E-state index in [2.05, 4.69) is 4.98 Å². The molecular weight excluding hydrogens is 241 g/mol. The Morgan fingerprint density at radius 2 is 2.19 bits per heavy atom. The molecule has 1 aliphatic carbocycles. The smallest absolute Gasteiger partial charge is 0.326 e. The lowest BCUT2D eigenvalue weighted by molar-refractivity contribution is -0.185. The first kappa shape index (κ1) is 11.4. The maximum Gasteiger partial charge on any atom is 0.411 e. The minimum Gasteiger partial charge on any atom is -0.326 e. The maximum absolute atomic E-state index is 12.7. The minimum absolute atomic E-state index is 0.0163. The van der Waals surface area contributed by atoms with Gasteiger partial charge in [0.1, 0.15) is 10.4 Å². The second-order valence-electron chi connectivity index (χ2n) is 3.76. The van der Waals surface area contributed by atoms with Crippen LogP contribution in [0.1, 0.15) is 22.5 Å². The van der Waals surface area contributed by atoms with Crippen LogP contribution in [-0.4, -0.2) is 34.6 Å². The largest absolute Gasteiger partial charge is 0.411 e. The topological polar surface area (TPSA) is 33.2 Å². The molecule has 1 fully saturated rings. The van der Waals surface area contributed by atoms with Crippen LogP contribution >= 0.6 is 11.3 Å². The first-order valence-electron chi connectivity index (χ1n) is 4.62. The molecule has 0 spiro atoms. The van der Waals surface area contributed by atoms with Crippen molar-refractivity contribution in [1.29, 1.82) is 0 Å². The van der Waals surface area contributed by atoms with E-state index in [1.54, 1.807) is 0 Å². The summed E-state index contributed by atoms with van der Waals surface area (Å²) in [6.07, 6.45) is -3.10. The summed E-state index contributed by atoms with van der Waals surface area (Å²) in [5.41, 5.74) is -0.525. The van der Waals surface area contributed by atoms with Crippen LogP contribution < -0.4 is 0 Å². The second kappa shape index (κ2) is 3.44. The average molecular weight is 250 g/mol. The van der Waals surface area contributed by atoms with Crippen molar-refractivity contribution in [3.8, 4) is 0 Å². The minimum atomic E-state index is -4.36. The predicted molar refractivity (Wildman–Crippen MR) is 52.2 cm³/mol. The van der Waals surface area contributed by atoms with Gasteiger partial charge in [-0.2, -0.15) is 13.2 Å². The quantitative estimate of drug-likeness (QED) is 0.807. The monoisotopic (exact) mass is 250 g/mol. The van der Waals surface area contributed by atoms with Crippen molar-refractivity contribution < 1.29 is 18.0 Å². The van der Waals surface area contributed by atoms with Gasteiger partial charge in [-0.15, -0.1) is 11.3 Å². The summed E-state index contributed by atoms with van der Waals surface area (Å²) in [6, 6.07) is 0. The molecule has 1 aromatic rings. The van der Waals surface area contributed by atoms with Crippen molar-refractivity contribution >= 4 is 17.2 Å². The number of rotatable bonds is 2. The third kappa shape index (κ3) is 1.59. The van der Waals surface area contributed by atoms with E-state index in [0.29, 0.717) is 0 Å². The molecule has 1 aromatic heterocycles. The molecule has 0 radical (unpaired) electrons. The van der Waals surface area contributed by atoms with Crippen LogP contribution in [0.5, 0.6) is 0 Å². The van der Waals surface area contributed by atoms with Gasteiger partial charge in [-0.1, -0.05) is 0 Å². The molecule has 0 bridgehead atoms. The Bertz CT molecular complexity index is 397. The molecule has 1 amide bonds. The van der Waals surface area contributed by atoms with Gasteiger partial charge in [0.25, 0.3) is 5.91 Å². The highest BCUT2D eigenvalue weighted by Crippen LogP contribution is 2.53. The number of thiazole rings is 1. The summed E-state index contributed by atoms with van der Waals surface area (Å²) in [5.74, 6) is -0.614. The molecule has 1 heterocycles. The van der Waals surface area contributed by atoms with Crippen LogP contribution in [0.2, 0.25) is 0 Å². The lowest BCUT2D eigenvalue weighted by Crippen LogP contribution is -2.48. The van der Waals surface area contributed by atoms with Crippen LogP contribution in [0.4, 0.5) is 13.2 Å². The Kier molecular flexibility index (Phi) is 2.45. The summed E-state index contributed by atoms with van der Waals surface area (Å²) < 4.78 is 38.2. The fraction of sp³-hybridized carbons (Fsp3) is 0.556. The first-order valence-corrected chi connectivity index (χ1v) is 5.50. The molecule has 0 N–H and O–H groups in total. The second-order valence-corrected chi connectivity index (χ2v) is 4.65. The first-order chi connectivity index (χ1) is 7.38. The van der Waals surface area contributed by atoms with E-state index in [-0.39, 0.29) is 17.7 Å². The van der Waals surface area contributed by atoms with E-state index in [9.17, 15) is 18.0 Å². The molecule has 0 aliphatic heterocycles. The van der Waals surface area contributed by atoms with Crippen molar-refractivity contribution in [2.45, 2.75) is 24.6 Å². The van der Waals surface area contributed by atoms with Gasteiger partial charge in [-0.3, -0.25) is 9.78 Å².